The summed E-state index contributed by atoms with van der Waals surface area (Å²) in [6.07, 6.45) is 8.11. The molecular formula is C14H26N2O2. The Morgan fingerprint density at radius 2 is 1.89 bits per heavy atom. The van der Waals surface area contributed by atoms with Gasteiger partial charge in [0.05, 0.1) is 12.6 Å². The van der Waals surface area contributed by atoms with Gasteiger partial charge in [-0.15, -0.1) is 0 Å². The van der Waals surface area contributed by atoms with Gasteiger partial charge in [-0.25, -0.2) is 0 Å². The van der Waals surface area contributed by atoms with Crippen molar-refractivity contribution < 1.29 is 9.90 Å². The van der Waals surface area contributed by atoms with Gasteiger partial charge in [0.25, 0.3) is 0 Å². The number of likely N-dealkylation sites (tertiary alicyclic amines) is 1. The van der Waals surface area contributed by atoms with E-state index < -0.39 is 0 Å². The number of amides is 1. The first-order valence-electron chi connectivity index (χ1n) is 7.36. The van der Waals surface area contributed by atoms with Crippen LogP contribution in [-0.4, -0.2) is 41.1 Å². The topological polar surface area (TPSA) is 66.6 Å². The SMILES string of the molecule is NC1CCC(CC(=O)N2CCCCC2CO)CC1. The van der Waals surface area contributed by atoms with Crippen LogP contribution in [0.2, 0.25) is 0 Å². The Labute approximate surface area is 110 Å². The van der Waals surface area contributed by atoms with Gasteiger partial charge < -0.3 is 15.7 Å². The fourth-order valence-corrected chi connectivity index (χ4v) is 3.28. The molecule has 1 saturated heterocycles. The third-order valence-electron chi connectivity index (χ3n) is 4.51. The van der Waals surface area contributed by atoms with Gasteiger partial charge >= 0.3 is 0 Å². The third kappa shape index (κ3) is 3.45. The molecule has 4 heteroatoms. The molecule has 1 aliphatic carbocycles. The lowest BCUT2D eigenvalue weighted by atomic mass is 9.84. The fraction of sp³-hybridized carbons (Fsp3) is 0.929. The molecule has 1 atom stereocenters. The summed E-state index contributed by atoms with van der Waals surface area (Å²) in [5.74, 6) is 0.757. The molecular weight excluding hydrogens is 228 g/mol. The van der Waals surface area contributed by atoms with Crippen LogP contribution in [-0.2, 0) is 4.79 Å². The molecule has 18 heavy (non-hydrogen) atoms. The van der Waals surface area contributed by atoms with Crippen molar-refractivity contribution in [2.24, 2.45) is 11.7 Å². The Kier molecular flexibility index (Phi) is 5.01. The number of carbonyl (C=O) groups excluding carboxylic acids is 1. The number of aliphatic hydroxyl groups is 1. The van der Waals surface area contributed by atoms with Crippen LogP contribution in [0.5, 0.6) is 0 Å². The number of carbonyl (C=O) groups is 1. The number of piperidine rings is 1. The standard InChI is InChI=1S/C14H26N2O2/c15-12-6-4-11(5-7-12)9-14(18)16-8-2-1-3-13(16)10-17/h11-13,17H,1-10,15H2. The number of hydrogen-bond acceptors (Lipinski definition) is 3. The van der Waals surface area contributed by atoms with Crippen LogP contribution in [0.25, 0.3) is 0 Å². The second kappa shape index (κ2) is 6.53. The zero-order valence-corrected chi connectivity index (χ0v) is 11.2. The largest absolute Gasteiger partial charge is 0.394 e. The summed E-state index contributed by atoms with van der Waals surface area (Å²) in [4.78, 5) is 14.2. The lowest BCUT2D eigenvalue weighted by Gasteiger charge is -2.36. The van der Waals surface area contributed by atoms with Gasteiger partial charge in [0.1, 0.15) is 0 Å². The van der Waals surface area contributed by atoms with E-state index in [9.17, 15) is 9.90 Å². The van der Waals surface area contributed by atoms with E-state index in [1.54, 1.807) is 0 Å². The summed E-state index contributed by atoms with van der Waals surface area (Å²) in [7, 11) is 0. The predicted octanol–water partition coefficient (Wildman–Crippen LogP) is 1.27. The summed E-state index contributed by atoms with van der Waals surface area (Å²) >= 11 is 0. The van der Waals surface area contributed by atoms with Crippen LogP contribution >= 0.6 is 0 Å². The first-order chi connectivity index (χ1) is 8.70. The van der Waals surface area contributed by atoms with Gasteiger partial charge in [-0.2, -0.15) is 0 Å². The van der Waals surface area contributed by atoms with E-state index in [-0.39, 0.29) is 18.6 Å². The maximum absolute atomic E-state index is 12.3. The Bertz CT molecular complexity index is 275. The Balaban J connectivity index is 1.82. The second-order valence-corrected chi connectivity index (χ2v) is 5.90. The number of hydrogen-bond donors (Lipinski definition) is 2. The molecule has 1 saturated carbocycles. The zero-order chi connectivity index (χ0) is 13.0. The minimum atomic E-state index is 0.0668. The van der Waals surface area contributed by atoms with E-state index in [1.165, 1.54) is 0 Å². The highest BCUT2D eigenvalue weighted by Gasteiger charge is 2.28. The van der Waals surface area contributed by atoms with E-state index in [0.29, 0.717) is 18.4 Å². The Hall–Kier alpha value is -0.610. The number of aliphatic hydroxyl groups excluding tert-OH is 1. The van der Waals surface area contributed by atoms with Crippen LogP contribution in [0.3, 0.4) is 0 Å². The summed E-state index contributed by atoms with van der Waals surface area (Å²) in [5.41, 5.74) is 5.89. The molecule has 0 radical (unpaired) electrons. The second-order valence-electron chi connectivity index (χ2n) is 5.90. The quantitative estimate of drug-likeness (QED) is 0.797. The fourth-order valence-electron chi connectivity index (χ4n) is 3.28. The van der Waals surface area contributed by atoms with Crippen molar-refractivity contribution in [3.63, 3.8) is 0 Å². The lowest BCUT2D eigenvalue weighted by molar-refractivity contribution is -0.137. The van der Waals surface area contributed by atoms with E-state index >= 15 is 0 Å². The van der Waals surface area contributed by atoms with Crippen LogP contribution in [0, 0.1) is 5.92 Å². The minimum Gasteiger partial charge on any atom is -0.394 e. The third-order valence-corrected chi connectivity index (χ3v) is 4.51. The summed E-state index contributed by atoms with van der Waals surface area (Å²) in [5, 5.41) is 9.34. The highest BCUT2D eigenvalue weighted by molar-refractivity contribution is 5.77. The maximum Gasteiger partial charge on any atom is 0.223 e. The molecule has 4 nitrogen and oxygen atoms in total. The van der Waals surface area contributed by atoms with E-state index in [2.05, 4.69) is 0 Å². The molecule has 1 aliphatic heterocycles. The van der Waals surface area contributed by atoms with Crippen molar-refractivity contribution in [1.29, 1.82) is 0 Å². The molecule has 1 heterocycles. The molecule has 1 amide bonds. The number of nitrogens with two attached hydrogens (primary N) is 1. The molecule has 1 unspecified atom stereocenters. The summed E-state index contributed by atoms with van der Waals surface area (Å²) in [6, 6.07) is 0.411. The van der Waals surface area contributed by atoms with E-state index in [4.69, 9.17) is 5.73 Å². The molecule has 2 fully saturated rings. The van der Waals surface area contributed by atoms with Crippen molar-refractivity contribution in [3.8, 4) is 0 Å². The molecule has 104 valence electrons. The van der Waals surface area contributed by atoms with E-state index in [0.717, 1.165) is 51.5 Å². The van der Waals surface area contributed by atoms with Crippen molar-refractivity contribution >= 4 is 5.91 Å². The monoisotopic (exact) mass is 254 g/mol. The Morgan fingerprint density at radius 3 is 2.56 bits per heavy atom. The van der Waals surface area contributed by atoms with Crippen LogP contribution < -0.4 is 5.73 Å². The van der Waals surface area contributed by atoms with E-state index in [1.807, 2.05) is 4.90 Å². The molecule has 0 bridgehead atoms. The van der Waals surface area contributed by atoms with Crippen molar-refractivity contribution in [2.45, 2.75) is 63.5 Å². The van der Waals surface area contributed by atoms with Gasteiger partial charge in [0.2, 0.25) is 5.91 Å². The molecule has 2 rings (SSSR count). The average molecular weight is 254 g/mol. The average Bonchev–Trinajstić information content (AvgIpc) is 2.41. The minimum absolute atomic E-state index is 0.0668. The number of rotatable bonds is 3. The molecule has 2 aliphatic rings. The maximum atomic E-state index is 12.3. The van der Waals surface area contributed by atoms with Crippen LogP contribution in [0.15, 0.2) is 0 Å². The predicted molar refractivity (Wildman–Crippen MR) is 71.0 cm³/mol. The molecule has 0 spiro atoms. The van der Waals surface area contributed by atoms with Crippen molar-refractivity contribution in [1.82, 2.24) is 4.90 Å². The van der Waals surface area contributed by atoms with Gasteiger partial charge in [-0.1, -0.05) is 0 Å². The van der Waals surface area contributed by atoms with Crippen LogP contribution in [0.1, 0.15) is 51.4 Å². The zero-order valence-electron chi connectivity index (χ0n) is 11.2. The van der Waals surface area contributed by atoms with Gasteiger partial charge in [0.15, 0.2) is 0 Å². The lowest BCUT2D eigenvalue weighted by Crippen LogP contribution is -2.46. The smallest absolute Gasteiger partial charge is 0.223 e. The highest BCUT2D eigenvalue weighted by Crippen LogP contribution is 2.27. The van der Waals surface area contributed by atoms with Crippen molar-refractivity contribution in [2.75, 3.05) is 13.2 Å². The van der Waals surface area contributed by atoms with Crippen molar-refractivity contribution in [3.05, 3.63) is 0 Å². The Morgan fingerprint density at radius 1 is 1.17 bits per heavy atom. The first-order valence-corrected chi connectivity index (χ1v) is 7.36. The number of nitrogens with zero attached hydrogens (tertiary/aromatic N) is 1. The van der Waals surface area contributed by atoms with Crippen LogP contribution in [0.4, 0.5) is 0 Å². The van der Waals surface area contributed by atoms with Gasteiger partial charge in [0, 0.05) is 19.0 Å². The van der Waals surface area contributed by atoms with Gasteiger partial charge in [-0.3, -0.25) is 4.79 Å². The van der Waals surface area contributed by atoms with Gasteiger partial charge in [-0.05, 0) is 50.9 Å². The molecule has 3 N–H and O–H groups in total. The first kappa shape index (κ1) is 13.8. The highest BCUT2D eigenvalue weighted by atomic mass is 16.3. The summed E-state index contributed by atoms with van der Waals surface area (Å²) < 4.78 is 0. The molecule has 0 aromatic rings. The molecule has 0 aromatic carbocycles. The molecule has 0 aromatic heterocycles. The normalized spacial score (nSPS) is 33.4. The summed E-state index contributed by atoms with van der Waals surface area (Å²) in [6.45, 7) is 0.942.